The summed E-state index contributed by atoms with van der Waals surface area (Å²) in [6.45, 7) is 8.31. The zero-order chi connectivity index (χ0) is 17.9. The Hall–Kier alpha value is -2.43. The van der Waals surface area contributed by atoms with Crippen molar-refractivity contribution in [1.82, 2.24) is 9.78 Å². The van der Waals surface area contributed by atoms with Gasteiger partial charge in [-0.15, -0.1) is 0 Å². The van der Waals surface area contributed by atoms with E-state index in [2.05, 4.69) is 38.0 Å². The Kier molecular flexibility index (Phi) is 5.22. The summed E-state index contributed by atoms with van der Waals surface area (Å²) in [6.07, 6.45) is 1.03. The molecule has 0 saturated carbocycles. The highest BCUT2D eigenvalue weighted by Crippen LogP contribution is 2.27. The minimum atomic E-state index is -0.713. The number of hydrogen-bond acceptors (Lipinski definition) is 3. The molecule has 0 aliphatic heterocycles. The Morgan fingerprint density at radius 3 is 2.46 bits per heavy atom. The molecule has 1 aromatic heterocycles. The van der Waals surface area contributed by atoms with Gasteiger partial charge < -0.3 is 5.73 Å². The van der Waals surface area contributed by atoms with Gasteiger partial charge in [0, 0.05) is 12.5 Å². The fourth-order valence-corrected chi connectivity index (χ4v) is 2.88. The van der Waals surface area contributed by atoms with Gasteiger partial charge in [0.05, 0.1) is 5.69 Å². The van der Waals surface area contributed by atoms with Gasteiger partial charge in [0.1, 0.15) is 6.04 Å². The maximum atomic E-state index is 12.0. The zero-order valence-electron chi connectivity index (χ0n) is 14.7. The van der Waals surface area contributed by atoms with Crippen LogP contribution in [0.3, 0.4) is 0 Å². The number of amides is 1. The van der Waals surface area contributed by atoms with E-state index >= 15 is 0 Å². The summed E-state index contributed by atoms with van der Waals surface area (Å²) in [7, 11) is 0. The van der Waals surface area contributed by atoms with Crippen LogP contribution < -0.4 is 11.3 Å². The van der Waals surface area contributed by atoms with Crippen molar-refractivity contribution in [2.45, 2.75) is 52.0 Å². The molecule has 2 aromatic rings. The molecule has 2 N–H and O–H groups in total. The normalized spacial score (nSPS) is 12.8. The SMILES string of the molecule is CCC(C(N)=O)n1nc(Cc2ccccc2C(C)(C)C)ccc1=O. The van der Waals surface area contributed by atoms with Crippen LogP contribution in [-0.2, 0) is 16.6 Å². The predicted molar refractivity (Wildman–Crippen MR) is 95.0 cm³/mol. The Morgan fingerprint density at radius 2 is 1.88 bits per heavy atom. The highest BCUT2D eigenvalue weighted by atomic mass is 16.2. The van der Waals surface area contributed by atoms with Gasteiger partial charge in [0.15, 0.2) is 0 Å². The van der Waals surface area contributed by atoms with Crippen molar-refractivity contribution in [3.63, 3.8) is 0 Å². The van der Waals surface area contributed by atoms with Crippen LogP contribution in [-0.4, -0.2) is 15.7 Å². The molecular formula is C19H25N3O2. The number of carbonyl (C=O) groups excluding carboxylic acids is 1. The number of rotatable bonds is 5. The molecule has 1 unspecified atom stereocenters. The first-order chi connectivity index (χ1) is 11.2. The third-order valence-corrected chi connectivity index (χ3v) is 4.09. The largest absolute Gasteiger partial charge is 0.368 e. The van der Waals surface area contributed by atoms with Crippen LogP contribution in [0.15, 0.2) is 41.2 Å². The number of aromatic nitrogens is 2. The van der Waals surface area contributed by atoms with Crippen molar-refractivity contribution in [3.05, 3.63) is 63.6 Å². The van der Waals surface area contributed by atoms with Crippen LogP contribution in [0.4, 0.5) is 0 Å². The molecule has 24 heavy (non-hydrogen) atoms. The summed E-state index contributed by atoms with van der Waals surface area (Å²) >= 11 is 0. The van der Waals surface area contributed by atoms with Crippen molar-refractivity contribution in [1.29, 1.82) is 0 Å². The van der Waals surface area contributed by atoms with E-state index in [-0.39, 0.29) is 11.0 Å². The molecule has 1 aromatic carbocycles. The molecule has 0 bridgehead atoms. The number of hydrogen-bond donors (Lipinski definition) is 1. The number of benzene rings is 1. The van der Waals surface area contributed by atoms with Crippen LogP contribution in [0, 0.1) is 0 Å². The molecule has 1 heterocycles. The molecule has 0 aliphatic rings. The predicted octanol–water partition coefficient (Wildman–Crippen LogP) is 2.57. The molecule has 0 radical (unpaired) electrons. The van der Waals surface area contributed by atoms with E-state index in [0.717, 1.165) is 11.3 Å². The lowest BCUT2D eigenvalue weighted by Crippen LogP contribution is -2.35. The molecule has 1 atom stereocenters. The van der Waals surface area contributed by atoms with Gasteiger partial charge in [-0.25, -0.2) is 4.68 Å². The summed E-state index contributed by atoms with van der Waals surface area (Å²) in [5, 5.41) is 4.39. The molecule has 5 nitrogen and oxygen atoms in total. The second-order valence-electron chi connectivity index (χ2n) is 7.02. The minimum Gasteiger partial charge on any atom is -0.368 e. The third-order valence-electron chi connectivity index (χ3n) is 4.09. The lowest BCUT2D eigenvalue weighted by atomic mass is 9.82. The smallest absolute Gasteiger partial charge is 0.267 e. The van der Waals surface area contributed by atoms with Crippen molar-refractivity contribution in [2.24, 2.45) is 5.73 Å². The quantitative estimate of drug-likeness (QED) is 0.917. The molecule has 128 valence electrons. The first kappa shape index (κ1) is 17.9. The molecular weight excluding hydrogens is 302 g/mol. The van der Waals surface area contributed by atoms with Gasteiger partial charge in [0.2, 0.25) is 5.91 Å². The van der Waals surface area contributed by atoms with Gasteiger partial charge in [-0.05, 0) is 29.0 Å². The maximum Gasteiger partial charge on any atom is 0.267 e. The molecule has 0 spiro atoms. The zero-order valence-corrected chi connectivity index (χ0v) is 14.7. The third kappa shape index (κ3) is 3.91. The Morgan fingerprint density at radius 1 is 1.21 bits per heavy atom. The van der Waals surface area contributed by atoms with E-state index in [1.54, 1.807) is 6.07 Å². The summed E-state index contributed by atoms with van der Waals surface area (Å²) in [5.41, 5.74) is 8.25. The summed E-state index contributed by atoms with van der Waals surface area (Å²) < 4.78 is 1.21. The molecule has 5 heteroatoms. The maximum absolute atomic E-state index is 12.0. The monoisotopic (exact) mass is 327 g/mol. The molecule has 0 aliphatic carbocycles. The molecule has 0 saturated heterocycles. The van der Waals surface area contributed by atoms with E-state index in [9.17, 15) is 9.59 Å². The first-order valence-electron chi connectivity index (χ1n) is 8.20. The lowest BCUT2D eigenvalue weighted by Gasteiger charge is -2.23. The van der Waals surface area contributed by atoms with Crippen molar-refractivity contribution >= 4 is 5.91 Å². The highest BCUT2D eigenvalue weighted by molar-refractivity contribution is 5.78. The van der Waals surface area contributed by atoms with Gasteiger partial charge in [-0.1, -0.05) is 52.0 Å². The average Bonchev–Trinajstić information content (AvgIpc) is 2.50. The van der Waals surface area contributed by atoms with Crippen molar-refractivity contribution in [3.8, 4) is 0 Å². The fraction of sp³-hybridized carbons (Fsp3) is 0.421. The van der Waals surface area contributed by atoms with E-state index in [0.29, 0.717) is 12.8 Å². The van der Waals surface area contributed by atoms with Crippen molar-refractivity contribution < 1.29 is 4.79 Å². The van der Waals surface area contributed by atoms with Gasteiger partial charge in [0.25, 0.3) is 5.56 Å². The second-order valence-corrected chi connectivity index (χ2v) is 7.02. The summed E-state index contributed by atoms with van der Waals surface area (Å²) in [5.74, 6) is -0.542. The number of nitrogens with two attached hydrogens (primary N) is 1. The molecule has 1 amide bonds. The minimum absolute atomic E-state index is 0.0181. The number of nitrogens with zero attached hydrogens (tertiary/aromatic N) is 2. The molecule has 2 rings (SSSR count). The Balaban J connectivity index is 2.43. The number of primary amides is 1. The van der Waals surface area contributed by atoms with Crippen molar-refractivity contribution in [2.75, 3.05) is 0 Å². The van der Waals surface area contributed by atoms with Crippen LogP contribution in [0.2, 0.25) is 0 Å². The summed E-state index contributed by atoms with van der Waals surface area (Å²) in [4.78, 5) is 23.6. The standard InChI is InChI=1S/C19H25N3O2/c1-5-16(18(20)24)22-17(23)11-10-14(21-22)12-13-8-6-7-9-15(13)19(2,3)4/h6-11,16H,5,12H2,1-4H3,(H2,20,24). The van der Waals surface area contributed by atoms with E-state index < -0.39 is 11.9 Å². The lowest BCUT2D eigenvalue weighted by molar-refractivity contribution is -0.121. The average molecular weight is 327 g/mol. The van der Waals surface area contributed by atoms with Crippen LogP contribution >= 0.6 is 0 Å². The van der Waals surface area contributed by atoms with E-state index in [1.165, 1.54) is 16.3 Å². The van der Waals surface area contributed by atoms with Gasteiger partial charge in [-0.3, -0.25) is 9.59 Å². The molecule has 0 fully saturated rings. The summed E-state index contributed by atoms with van der Waals surface area (Å²) in [6, 6.07) is 10.7. The highest BCUT2D eigenvalue weighted by Gasteiger charge is 2.20. The Bertz CT molecular complexity index is 788. The van der Waals surface area contributed by atoms with E-state index in [1.807, 2.05) is 19.1 Å². The Labute approximate surface area is 142 Å². The van der Waals surface area contributed by atoms with Gasteiger partial charge >= 0.3 is 0 Å². The first-order valence-corrected chi connectivity index (χ1v) is 8.20. The second kappa shape index (κ2) is 6.99. The fourth-order valence-electron chi connectivity index (χ4n) is 2.88. The topological polar surface area (TPSA) is 78.0 Å². The van der Waals surface area contributed by atoms with Crippen LogP contribution in [0.25, 0.3) is 0 Å². The van der Waals surface area contributed by atoms with Crippen LogP contribution in [0.5, 0.6) is 0 Å². The van der Waals surface area contributed by atoms with Gasteiger partial charge in [-0.2, -0.15) is 5.10 Å². The van der Waals surface area contributed by atoms with Crippen LogP contribution in [0.1, 0.15) is 57.0 Å². The van der Waals surface area contributed by atoms with E-state index in [4.69, 9.17) is 5.73 Å². The number of carbonyl (C=O) groups is 1.